The van der Waals surface area contributed by atoms with Gasteiger partial charge < -0.3 is 4.90 Å². The van der Waals surface area contributed by atoms with Crippen molar-refractivity contribution in [3.63, 3.8) is 0 Å². The standard InChI is InChI=1S/C15H20ClNO3S/c1-10-8-11(2)14(21(16,19)20)9-13(10)15(18)17(3)12-6-4-5-7-12/h8-9,12H,4-7H2,1-3H3. The van der Waals surface area contributed by atoms with Crippen molar-refractivity contribution in [2.75, 3.05) is 7.05 Å². The Hall–Kier alpha value is -1.07. The van der Waals surface area contributed by atoms with Gasteiger partial charge in [-0.2, -0.15) is 0 Å². The molecule has 1 amide bonds. The minimum Gasteiger partial charge on any atom is -0.339 e. The zero-order chi connectivity index (χ0) is 15.8. The van der Waals surface area contributed by atoms with Crippen molar-refractivity contribution in [3.05, 3.63) is 28.8 Å². The molecule has 0 radical (unpaired) electrons. The van der Waals surface area contributed by atoms with Gasteiger partial charge in [0, 0.05) is 29.3 Å². The summed E-state index contributed by atoms with van der Waals surface area (Å²) in [6, 6.07) is 3.35. The highest BCUT2D eigenvalue weighted by Gasteiger charge is 2.26. The first-order valence-electron chi connectivity index (χ1n) is 7.05. The van der Waals surface area contributed by atoms with E-state index in [2.05, 4.69) is 0 Å². The lowest BCUT2D eigenvalue weighted by atomic mass is 10.0. The third-order valence-corrected chi connectivity index (χ3v) is 5.67. The maximum absolute atomic E-state index is 12.6. The van der Waals surface area contributed by atoms with E-state index in [4.69, 9.17) is 10.7 Å². The highest BCUT2D eigenvalue weighted by molar-refractivity contribution is 8.13. The van der Waals surface area contributed by atoms with Crippen molar-refractivity contribution in [3.8, 4) is 0 Å². The summed E-state index contributed by atoms with van der Waals surface area (Å²) in [5, 5.41) is 0. The van der Waals surface area contributed by atoms with Crippen molar-refractivity contribution >= 4 is 25.6 Å². The Kier molecular flexibility index (Phi) is 4.63. The molecule has 0 bridgehead atoms. The molecular formula is C15H20ClNO3S. The molecule has 0 heterocycles. The average molecular weight is 330 g/mol. The Balaban J connectivity index is 2.41. The fraction of sp³-hybridized carbons (Fsp3) is 0.533. The van der Waals surface area contributed by atoms with Crippen LogP contribution in [0.15, 0.2) is 17.0 Å². The van der Waals surface area contributed by atoms with Gasteiger partial charge in [-0.1, -0.05) is 18.9 Å². The number of carbonyl (C=O) groups excluding carboxylic acids is 1. The van der Waals surface area contributed by atoms with Gasteiger partial charge in [0.15, 0.2) is 0 Å². The predicted octanol–water partition coefficient (Wildman–Crippen LogP) is 3.25. The summed E-state index contributed by atoms with van der Waals surface area (Å²) in [5.41, 5.74) is 1.74. The molecule has 1 aromatic rings. The maximum atomic E-state index is 12.6. The summed E-state index contributed by atoms with van der Waals surface area (Å²) in [7, 11) is 3.38. The van der Waals surface area contributed by atoms with Crippen LogP contribution in [-0.2, 0) is 9.05 Å². The van der Waals surface area contributed by atoms with Gasteiger partial charge in [-0.3, -0.25) is 4.79 Å². The average Bonchev–Trinajstić information content (AvgIpc) is 2.89. The van der Waals surface area contributed by atoms with Crippen molar-refractivity contribution < 1.29 is 13.2 Å². The molecule has 116 valence electrons. The quantitative estimate of drug-likeness (QED) is 0.800. The smallest absolute Gasteiger partial charge is 0.261 e. The van der Waals surface area contributed by atoms with Gasteiger partial charge in [0.05, 0.1) is 4.90 Å². The molecule has 1 saturated carbocycles. The topological polar surface area (TPSA) is 54.5 Å². The highest BCUT2D eigenvalue weighted by atomic mass is 35.7. The molecule has 21 heavy (non-hydrogen) atoms. The van der Waals surface area contributed by atoms with E-state index < -0.39 is 9.05 Å². The molecule has 0 aliphatic heterocycles. The van der Waals surface area contributed by atoms with Gasteiger partial charge in [0.2, 0.25) is 0 Å². The van der Waals surface area contributed by atoms with Crippen LogP contribution in [-0.4, -0.2) is 32.3 Å². The van der Waals surface area contributed by atoms with Crippen LogP contribution in [0, 0.1) is 13.8 Å². The third kappa shape index (κ3) is 3.40. The first-order chi connectivity index (χ1) is 9.71. The number of hydrogen-bond acceptors (Lipinski definition) is 3. The van der Waals surface area contributed by atoms with Crippen molar-refractivity contribution in [2.45, 2.75) is 50.5 Å². The van der Waals surface area contributed by atoms with Crippen molar-refractivity contribution in [1.82, 2.24) is 4.90 Å². The number of amides is 1. The van der Waals surface area contributed by atoms with E-state index in [9.17, 15) is 13.2 Å². The van der Waals surface area contributed by atoms with Crippen LogP contribution < -0.4 is 0 Å². The third-order valence-electron chi connectivity index (χ3n) is 4.21. The van der Waals surface area contributed by atoms with E-state index in [0.29, 0.717) is 11.1 Å². The fourth-order valence-corrected chi connectivity index (χ4v) is 4.17. The monoisotopic (exact) mass is 329 g/mol. The number of rotatable bonds is 3. The predicted molar refractivity (Wildman–Crippen MR) is 83.3 cm³/mol. The summed E-state index contributed by atoms with van der Waals surface area (Å²) in [6.45, 7) is 3.49. The fourth-order valence-electron chi connectivity index (χ4n) is 2.97. The lowest BCUT2D eigenvalue weighted by Gasteiger charge is -2.25. The summed E-state index contributed by atoms with van der Waals surface area (Å²) >= 11 is 0. The van der Waals surface area contributed by atoms with Crippen LogP contribution in [0.5, 0.6) is 0 Å². The van der Waals surface area contributed by atoms with E-state index in [1.807, 2.05) is 6.92 Å². The highest BCUT2D eigenvalue weighted by Crippen LogP contribution is 2.27. The Morgan fingerprint density at radius 1 is 1.19 bits per heavy atom. The largest absolute Gasteiger partial charge is 0.339 e. The number of aryl methyl sites for hydroxylation is 2. The van der Waals surface area contributed by atoms with Gasteiger partial charge in [0.1, 0.15) is 0 Å². The molecule has 2 rings (SSSR count). The van der Waals surface area contributed by atoms with Gasteiger partial charge >= 0.3 is 0 Å². The van der Waals surface area contributed by atoms with Gasteiger partial charge in [0.25, 0.3) is 15.0 Å². The van der Waals surface area contributed by atoms with E-state index in [0.717, 1.165) is 31.2 Å². The number of carbonyl (C=O) groups is 1. The van der Waals surface area contributed by atoms with Crippen LogP contribution in [0.25, 0.3) is 0 Å². The molecular weight excluding hydrogens is 310 g/mol. The van der Waals surface area contributed by atoms with E-state index in [1.165, 1.54) is 6.07 Å². The Morgan fingerprint density at radius 2 is 1.76 bits per heavy atom. The molecule has 0 N–H and O–H groups in total. The molecule has 1 fully saturated rings. The lowest BCUT2D eigenvalue weighted by Crippen LogP contribution is -2.35. The minimum atomic E-state index is -3.85. The van der Waals surface area contributed by atoms with Crippen LogP contribution in [0.4, 0.5) is 0 Å². The SMILES string of the molecule is Cc1cc(C)c(S(=O)(=O)Cl)cc1C(=O)N(C)C1CCCC1. The molecule has 0 unspecified atom stereocenters. The van der Waals surface area contributed by atoms with Crippen LogP contribution in [0.3, 0.4) is 0 Å². The lowest BCUT2D eigenvalue weighted by molar-refractivity contribution is 0.0734. The van der Waals surface area contributed by atoms with Crippen molar-refractivity contribution in [2.24, 2.45) is 0 Å². The second-order valence-electron chi connectivity index (χ2n) is 5.72. The molecule has 4 nitrogen and oxygen atoms in total. The second-order valence-corrected chi connectivity index (χ2v) is 8.26. The van der Waals surface area contributed by atoms with E-state index in [1.54, 1.807) is 24.9 Å². The number of benzene rings is 1. The minimum absolute atomic E-state index is 0.0120. The molecule has 0 atom stereocenters. The Morgan fingerprint density at radius 3 is 2.29 bits per heavy atom. The summed E-state index contributed by atoms with van der Waals surface area (Å²) in [5.74, 6) is -0.138. The van der Waals surface area contributed by atoms with E-state index in [-0.39, 0.29) is 16.8 Å². The summed E-state index contributed by atoms with van der Waals surface area (Å²) < 4.78 is 23.2. The van der Waals surface area contributed by atoms with Crippen molar-refractivity contribution in [1.29, 1.82) is 0 Å². The molecule has 1 aromatic carbocycles. The number of halogens is 1. The molecule has 0 aromatic heterocycles. The normalized spacial score (nSPS) is 16.2. The number of nitrogens with zero attached hydrogens (tertiary/aromatic N) is 1. The zero-order valence-electron chi connectivity index (χ0n) is 12.5. The zero-order valence-corrected chi connectivity index (χ0v) is 14.1. The van der Waals surface area contributed by atoms with Crippen LogP contribution in [0.2, 0.25) is 0 Å². The summed E-state index contributed by atoms with van der Waals surface area (Å²) in [4.78, 5) is 14.4. The molecule has 1 aliphatic rings. The van der Waals surface area contributed by atoms with Crippen LogP contribution >= 0.6 is 10.7 Å². The molecule has 0 spiro atoms. The Bertz CT molecular complexity index is 664. The molecule has 6 heteroatoms. The maximum Gasteiger partial charge on any atom is 0.261 e. The van der Waals surface area contributed by atoms with Gasteiger partial charge in [-0.15, -0.1) is 0 Å². The first-order valence-corrected chi connectivity index (χ1v) is 9.36. The molecule has 0 saturated heterocycles. The van der Waals surface area contributed by atoms with Gasteiger partial charge in [-0.25, -0.2) is 8.42 Å². The summed E-state index contributed by atoms with van der Waals surface area (Å²) in [6.07, 6.45) is 4.29. The second kappa shape index (κ2) is 5.97. The first kappa shape index (κ1) is 16.3. The van der Waals surface area contributed by atoms with Crippen LogP contribution in [0.1, 0.15) is 47.2 Å². The molecule has 1 aliphatic carbocycles. The Labute approximate surface area is 130 Å². The van der Waals surface area contributed by atoms with E-state index >= 15 is 0 Å². The number of hydrogen-bond donors (Lipinski definition) is 0. The van der Waals surface area contributed by atoms with Gasteiger partial charge in [-0.05, 0) is 43.9 Å².